The van der Waals surface area contributed by atoms with Crippen molar-refractivity contribution in [3.63, 3.8) is 0 Å². The van der Waals surface area contributed by atoms with E-state index in [0.29, 0.717) is 11.1 Å². The largest absolute Gasteiger partial charge is 0.464 e. The Bertz CT molecular complexity index is 1170. The van der Waals surface area contributed by atoms with Crippen molar-refractivity contribution < 1.29 is 29.7 Å². The first-order valence-corrected chi connectivity index (χ1v) is 10.7. The SMILES string of the molecule is [2H]C([2H])(Cl)C([2H])([2H])N(c1ccc(CC(N)C(=O)NC(Cc2ccc(F)cc2)C(=O)OCC)cc1)C([2H])([2H])C([2H])([2H])Cl. The van der Waals surface area contributed by atoms with Crippen LogP contribution in [0.3, 0.4) is 0 Å². The molecule has 9 heteroatoms. The van der Waals surface area contributed by atoms with E-state index in [9.17, 15) is 14.0 Å². The average molecular weight is 506 g/mol. The monoisotopic (exact) mass is 505 g/mol. The number of hydrogen-bond donors (Lipinski definition) is 2. The summed E-state index contributed by atoms with van der Waals surface area (Å²) in [5.41, 5.74) is 6.76. The second-order valence-electron chi connectivity index (χ2n) is 6.87. The van der Waals surface area contributed by atoms with Gasteiger partial charge in [0.1, 0.15) is 11.9 Å². The molecular formula is C24H30Cl2FN3O3. The van der Waals surface area contributed by atoms with E-state index in [4.69, 9.17) is 44.6 Å². The van der Waals surface area contributed by atoms with Crippen molar-refractivity contribution >= 4 is 40.8 Å². The summed E-state index contributed by atoms with van der Waals surface area (Å²) in [6.07, 6.45) is -0.0567. The van der Waals surface area contributed by atoms with E-state index < -0.39 is 54.4 Å². The first-order valence-electron chi connectivity index (χ1n) is 14.0. The summed E-state index contributed by atoms with van der Waals surface area (Å²) >= 11 is 11.2. The number of nitrogens with one attached hydrogen (secondary N) is 1. The molecule has 0 spiro atoms. The normalized spacial score (nSPS) is 18.0. The number of benzene rings is 2. The fourth-order valence-corrected chi connectivity index (χ4v) is 3.11. The third kappa shape index (κ3) is 8.84. The Morgan fingerprint density at radius 2 is 1.61 bits per heavy atom. The number of rotatable bonds is 13. The predicted octanol–water partition coefficient (Wildman–Crippen LogP) is 3.27. The summed E-state index contributed by atoms with van der Waals surface area (Å²) in [7, 11) is 0. The molecule has 0 fully saturated rings. The number of nitrogens with zero attached hydrogens (tertiary/aromatic N) is 1. The summed E-state index contributed by atoms with van der Waals surface area (Å²) in [4.78, 5) is 25.5. The van der Waals surface area contributed by atoms with Gasteiger partial charge in [0.25, 0.3) is 0 Å². The molecule has 0 saturated heterocycles. The van der Waals surface area contributed by atoms with Gasteiger partial charge in [0.2, 0.25) is 5.91 Å². The lowest BCUT2D eigenvalue weighted by Crippen LogP contribution is -2.50. The summed E-state index contributed by atoms with van der Waals surface area (Å²) in [6.45, 7) is -4.88. The third-order valence-electron chi connectivity index (χ3n) is 4.54. The van der Waals surface area contributed by atoms with Crippen LogP contribution < -0.4 is 16.0 Å². The lowest BCUT2D eigenvalue weighted by molar-refractivity contribution is -0.147. The molecule has 0 aliphatic carbocycles. The summed E-state index contributed by atoms with van der Waals surface area (Å²) in [6, 6.07) is 8.17. The molecular weight excluding hydrogens is 468 g/mol. The number of carbonyl (C=O) groups excluding carboxylic acids is 2. The highest BCUT2D eigenvalue weighted by Crippen LogP contribution is 2.16. The minimum absolute atomic E-state index is 0.0221. The van der Waals surface area contributed by atoms with Crippen molar-refractivity contribution in [1.29, 1.82) is 0 Å². The van der Waals surface area contributed by atoms with Crippen molar-refractivity contribution in [3.8, 4) is 0 Å². The van der Waals surface area contributed by atoms with E-state index in [1.165, 1.54) is 48.5 Å². The Morgan fingerprint density at radius 3 is 2.15 bits per heavy atom. The second kappa shape index (κ2) is 14.0. The van der Waals surface area contributed by atoms with Crippen LogP contribution in [-0.2, 0) is 27.2 Å². The van der Waals surface area contributed by atoms with Gasteiger partial charge < -0.3 is 20.7 Å². The zero-order valence-corrected chi connectivity index (χ0v) is 19.3. The first kappa shape index (κ1) is 17.1. The minimum Gasteiger partial charge on any atom is -0.464 e. The first-order chi connectivity index (χ1) is 18.7. The topological polar surface area (TPSA) is 84.7 Å². The van der Waals surface area contributed by atoms with Crippen molar-refractivity contribution in [3.05, 3.63) is 65.5 Å². The molecule has 0 radical (unpaired) electrons. The van der Waals surface area contributed by atoms with Crippen LogP contribution >= 0.6 is 23.2 Å². The van der Waals surface area contributed by atoms with Crippen molar-refractivity contribution in [2.24, 2.45) is 5.73 Å². The van der Waals surface area contributed by atoms with E-state index in [2.05, 4.69) is 5.32 Å². The maximum absolute atomic E-state index is 13.3. The van der Waals surface area contributed by atoms with Crippen LogP contribution in [0.1, 0.15) is 29.0 Å². The third-order valence-corrected chi connectivity index (χ3v) is 4.70. The zero-order chi connectivity index (χ0) is 31.4. The number of hydrogen-bond acceptors (Lipinski definition) is 5. The second-order valence-corrected chi connectivity index (χ2v) is 7.25. The molecule has 1 amide bonds. The Balaban J connectivity index is 2.25. The van der Waals surface area contributed by atoms with Gasteiger partial charge in [0, 0.05) is 42.2 Å². The molecule has 0 bridgehead atoms. The highest BCUT2D eigenvalue weighted by atomic mass is 35.5. The molecule has 0 heterocycles. The average Bonchev–Trinajstić information content (AvgIpc) is 2.84. The molecule has 2 aromatic rings. The van der Waals surface area contributed by atoms with Gasteiger partial charge in [-0.15, -0.1) is 23.2 Å². The maximum atomic E-state index is 13.3. The van der Waals surface area contributed by atoms with Crippen molar-refractivity contribution in [2.75, 3.05) is 36.2 Å². The highest BCUT2D eigenvalue weighted by Gasteiger charge is 2.25. The molecule has 0 aromatic heterocycles. The van der Waals surface area contributed by atoms with Gasteiger partial charge in [-0.05, 0) is 48.7 Å². The molecule has 33 heavy (non-hydrogen) atoms. The molecule has 2 unspecified atom stereocenters. The van der Waals surface area contributed by atoms with Gasteiger partial charge in [-0.3, -0.25) is 4.79 Å². The minimum atomic E-state index is -3.27. The number of anilines is 1. The Kier molecular flexibility index (Phi) is 7.29. The number of esters is 1. The van der Waals surface area contributed by atoms with Crippen molar-refractivity contribution in [2.45, 2.75) is 31.8 Å². The van der Waals surface area contributed by atoms with Crippen LogP contribution in [0.4, 0.5) is 10.1 Å². The summed E-state index contributed by atoms with van der Waals surface area (Å²) in [5.74, 6) is -8.19. The quantitative estimate of drug-likeness (QED) is 0.322. The van der Waals surface area contributed by atoms with Gasteiger partial charge in [-0.25, -0.2) is 9.18 Å². The summed E-state index contributed by atoms with van der Waals surface area (Å²) in [5, 5.41) is 2.54. The number of ether oxygens (including phenoxy) is 1. The fraction of sp³-hybridized carbons (Fsp3) is 0.417. The smallest absolute Gasteiger partial charge is 0.328 e. The van der Waals surface area contributed by atoms with E-state index in [1.807, 2.05) is 0 Å². The predicted molar refractivity (Wildman–Crippen MR) is 130 cm³/mol. The van der Waals surface area contributed by atoms with Gasteiger partial charge in [0.05, 0.1) is 18.1 Å². The van der Waals surface area contributed by atoms with E-state index >= 15 is 0 Å². The van der Waals surface area contributed by atoms with Crippen LogP contribution in [0.25, 0.3) is 0 Å². The highest BCUT2D eigenvalue weighted by molar-refractivity contribution is 6.18. The number of nitrogens with two attached hydrogens (primary N) is 1. The molecule has 6 nitrogen and oxygen atoms in total. The van der Waals surface area contributed by atoms with E-state index in [0.717, 1.165) is 0 Å². The van der Waals surface area contributed by atoms with Crippen LogP contribution in [0.15, 0.2) is 48.5 Å². The molecule has 180 valence electrons. The molecule has 3 N–H and O–H groups in total. The molecule has 2 atom stereocenters. The maximum Gasteiger partial charge on any atom is 0.328 e. The van der Waals surface area contributed by atoms with E-state index in [1.54, 1.807) is 6.92 Å². The van der Waals surface area contributed by atoms with Gasteiger partial charge in [0.15, 0.2) is 0 Å². The fourth-order valence-electron chi connectivity index (χ4n) is 2.94. The lowest BCUT2D eigenvalue weighted by Gasteiger charge is -2.23. The van der Waals surface area contributed by atoms with Gasteiger partial charge in [-0.1, -0.05) is 24.3 Å². The number of amides is 1. The number of carbonyl (C=O) groups is 2. The van der Waals surface area contributed by atoms with Crippen LogP contribution in [0.5, 0.6) is 0 Å². The summed E-state index contributed by atoms with van der Waals surface area (Å²) < 4.78 is 81.4. The number of halogens is 3. The molecule has 2 aromatic carbocycles. The molecule has 0 aliphatic rings. The van der Waals surface area contributed by atoms with Crippen molar-refractivity contribution in [1.82, 2.24) is 5.32 Å². The standard InChI is InChI=1S/C24H30Cl2FN3O3/c1-2-33-24(32)22(16-18-3-7-19(27)8-4-18)29-23(31)21(28)15-17-5-9-20(10-6-17)30(13-11-25)14-12-26/h3-10,21-22H,2,11-16,28H2,1H3,(H,29,31)/i11D2,12D2,13D2,14D2. The molecule has 2 rings (SSSR count). The van der Waals surface area contributed by atoms with Gasteiger partial charge in [-0.2, -0.15) is 0 Å². The van der Waals surface area contributed by atoms with Crippen LogP contribution in [0, 0.1) is 5.82 Å². The Morgan fingerprint density at radius 1 is 1.06 bits per heavy atom. The molecule has 0 aliphatic heterocycles. The van der Waals surface area contributed by atoms with Crippen LogP contribution in [-0.4, -0.2) is 55.2 Å². The molecule has 0 saturated carbocycles. The van der Waals surface area contributed by atoms with Crippen LogP contribution in [0.2, 0.25) is 0 Å². The zero-order valence-electron chi connectivity index (χ0n) is 25.8. The Hall–Kier alpha value is -2.35. The van der Waals surface area contributed by atoms with E-state index in [-0.39, 0.29) is 30.0 Å². The Labute approximate surface area is 215 Å². The lowest BCUT2D eigenvalue weighted by atomic mass is 10.0. The number of alkyl halides is 2. The van der Waals surface area contributed by atoms with Gasteiger partial charge >= 0.3 is 5.97 Å².